The van der Waals surface area contributed by atoms with E-state index in [9.17, 15) is 0 Å². The number of ether oxygens (including phenoxy) is 1. The zero-order valence-electron chi connectivity index (χ0n) is 11.2. The zero-order chi connectivity index (χ0) is 13.9. The number of fused-ring (bicyclic) bond motifs is 1. The van der Waals surface area contributed by atoms with Gasteiger partial charge in [0, 0.05) is 30.9 Å². The van der Waals surface area contributed by atoms with E-state index in [1.165, 1.54) is 0 Å². The topological polar surface area (TPSA) is 42.8 Å². The maximum Gasteiger partial charge on any atom is 0.178 e. The number of aromatic nitrogens is 3. The van der Waals surface area contributed by atoms with Gasteiger partial charge in [0.2, 0.25) is 0 Å². The minimum Gasteiger partial charge on any atom is -0.497 e. The Balaban J connectivity index is 1.94. The van der Waals surface area contributed by atoms with Crippen molar-refractivity contribution in [2.75, 3.05) is 7.11 Å². The summed E-state index contributed by atoms with van der Waals surface area (Å²) in [4.78, 5) is 7.56. The van der Waals surface area contributed by atoms with Crippen molar-refractivity contribution in [1.29, 1.82) is 0 Å². The number of hydrogen-bond donors (Lipinski definition) is 1. The molecule has 0 fully saturated rings. The Morgan fingerprint density at radius 3 is 2.95 bits per heavy atom. The summed E-state index contributed by atoms with van der Waals surface area (Å²) >= 11 is 5.39. The molecule has 3 aromatic rings. The van der Waals surface area contributed by atoms with E-state index in [-0.39, 0.29) is 0 Å². The van der Waals surface area contributed by atoms with Crippen molar-refractivity contribution in [1.82, 2.24) is 14.5 Å². The van der Waals surface area contributed by atoms with Crippen LogP contribution in [0.5, 0.6) is 5.75 Å². The van der Waals surface area contributed by atoms with E-state index < -0.39 is 0 Å². The molecule has 5 heteroatoms. The molecule has 2 aromatic heterocycles. The summed E-state index contributed by atoms with van der Waals surface area (Å²) in [6.45, 7) is 0.795. The second-order valence-electron chi connectivity index (χ2n) is 4.54. The Labute approximate surface area is 122 Å². The highest BCUT2D eigenvalue weighted by molar-refractivity contribution is 7.71. The average molecular weight is 285 g/mol. The van der Waals surface area contributed by atoms with E-state index in [1.54, 1.807) is 7.11 Å². The van der Waals surface area contributed by atoms with Gasteiger partial charge in [-0.15, -0.1) is 0 Å². The SMILES string of the molecule is COc1ccc2[nH]c(=S)n(CCc3ccccn3)c2c1. The maximum atomic E-state index is 5.39. The van der Waals surface area contributed by atoms with E-state index in [2.05, 4.69) is 14.5 Å². The summed E-state index contributed by atoms with van der Waals surface area (Å²) in [6, 6.07) is 11.9. The normalized spacial score (nSPS) is 10.8. The summed E-state index contributed by atoms with van der Waals surface area (Å²) in [5.41, 5.74) is 3.15. The predicted octanol–water partition coefficient (Wildman–Crippen LogP) is 3.35. The third kappa shape index (κ3) is 2.44. The summed E-state index contributed by atoms with van der Waals surface area (Å²) in [6.07, 6.45) is 2.66. The van der Waals surface area contributed by atoms with Crippen LogP contribution in [0, 0.1) is 4.77 Å². The van der Waals surface area contributed by atoms with Crippen molar-refractivity contribution < 1.29 is 4.74 Å². The average Bonchev–Trinajstić information content (AvgIpc) is 2.80. The lowest BCUT2D eigenvalue weighted by molar-refractivity contribution is 0.415. The number of hydrogen-bond acceptors (Lipinski definition) is 3. The summed E-state index contributed by atoms with van der Waals surface area (Å²) in [7, 11) is 1.67. The van der Waals surface area contributed by atoms with E-state index in [1.807, 2.05) is 42.6 Å². The van der Waals surface area contributed by atoms with Gasteiger partial charge >= 0.3 is 0 Å². The van der Waals surface area contributed by atoms with Crippen LogP contribution < -0.4 is 4.74 Å². The number of aromatic amines is 1. The van der Waals surface area contributed by atoms with Gasteiger partial charge < -0.3 is 14.3 Å². The quantitative estimate of drug-likeness (QED) is 0.748. The number of benzene rings is 1. The molecule has 0 saturated heterocycles. The number of imidazole rings is 1. The molecule has 0 unspecified atom stereocenters. The van der Waals surface area contributed by atoms with Crippen LogP contribution in [0.25, 0.3) is 11.0 Å². The summed E-state index contributed by atoms with van der Waals surface area (Å²) in [5.74, 6) is 0.832. The maximum absolute atomic E-state index is 5.39. The number of methoxy groups -OCH3 is 1. The van der Waals surface area contributed by atoms with Gasteiger partial charge in [0.1, 0.15) is 5.75 Å². The standard InChI is InChI=1S/C15H15N3OS/c1-19-12-5-6-13-14(10-12)18(15(20)17-13)9-7-11-4-2-3-8-16-11/h2-6,8,10H,7,9H2,1H3,(H,17,20). The Kier molecular flexibility index (Phi) is 3.52. The zero-order valence-corrected chi connectivity index (χ0v) is 12.0. The van der Waals surface area contributed by atoms with Gasteiger partial charge in [-0.3, -0.25) is 4.98 Å². The van der Waals surface area contributed by atoms with Gasteiger partial charge in [0.15, 0.2) is 4.77 Å². The lowest BCUT2D eigenvalue weighted by Crippen LogP contribution is -2.02. The largest absolute Gasteiger partial charge is 0.497 e. The van der Waals surface area contributed by atoms with Gasteiger partial charge in [-0.05, 0) is 36.5 Å². The molecule has 3 rings (SSSR count). The minimum atomic E-state index is 0.726. The molecule has 2 heterocycles. The van der Waals surface area contributed by atoms with Crippen LogP contribution in [-0.4, -0.2) is 21.6 Å². The van der Waals surface area contributed by atoms with Crippen LogP contribution in [0.15, 0.2) is 42.6 Å². The number of nitrogens with one attached hydrogen (secondary N) is 1. The second kappa shape index (κ2) is 5.46. The van der Waals surface area contributed by atoms with Crippen molar-refractivity contribution in [2.45, 2.75) is 13.0 Å². The van der Waals surface area contributed by atoms with Crippen LogP contribution in [0.1, 0.15) is 5.69 Å². The second-order valence-corrected chi connectivity index (χ2v) is 4.92. The summed E-state index contributed by atoms with van der Waals surface area (Å²) in [5, 5.41) is 0. The molecule has 0 saturated carbocycles. The van der Waals surface area contributed by atoms with Crippen molar-refractivity contribution >= 4 is 23.3 Å². The molecule has 0 aliphatic carbocycles. The van der Waals surface area contributed by atoms with Crippen molar-refractivity contribution in [3.63, 3.8) is 0 Å². The fourth-order valence-electron chi connectivity index (χ4n) is 2.25. The number of aryl methyl sites for hydroxylation is 2. The van der Waals surface area contributed by atoms with E-state index in [0.29, 0.717) is 0 Å². The molecule has 4 nitrogen and oxygen atoms in total. The lowest BCUT2D eigenvalue weighted by Gasteiger charge is -2.05. The molecule has 1 N–H and O–H groups in total. The minimum absolute atomic E-state index is 0.726. The Morgan fingerprint density at radius 2 is 2.20 bits per heavy atom. The highest BCUT2D eigenvalue weighted by Gasteiger charge is 2.06. The lowest BCUT2D eigenvalue weighted by atomic mass is 10.2. The van der Waals surface area contributed by atoms with Crippen molar-refractivity contribution in [3.8, 4) is 5.75 Å². The van der Waals surface area contributed by atoms with E-state index in [4.69, 9.17) is 17.0 Å². The summed E-state index contributed by atoms with van der Waals surface area (Å²) < 4.78 is 8.09. The van der Waals surface area contributed by atoms with Gasteiger partial charge in [0.25, 0.3) is 0 Å². The monoisotopic (exact) mass is 285 g/mol. The molecule has 0 aliphatic rings. The first-order valence-electron chi connectivity index (χ1n) is 6.44. The Bertz CT molecular complexity index is 777. The van der Waals surface area contributed by atoms with Gasteiger partial charge in [-0.25, -0.2) is 0 Å². The third-order valence-electron chi connectivity index (χ3n) is 3.30. The highest BCUT2D eigenvalue weighted by Crippen LogP contribution is 2.21. The molecule has 0 spiro atoms. The molecule has 0 atom stereocenters. The van der Waals surface area contributed by atoms with Crippen molar-refractivity contribution in [2.24, 2.45) is 0 Å². The first kappa shape index (κ1) is 12.9. The molecule has 0 amide bonds. The molecule has 0 aliphatic heterocycles. The van der Waals surface area contributed by atoms with E-state index >= 15 is 0 Å². The fourth-order valence-corrected chi connectivity index (χ4v) is 2.55. The van der Waals surface area contributed by atoms with Crippen LogP contribution in [0.4, 0.5) is 0 Å². The highest BCUT2D eigenvalue weighted by atomic mass is 32.1. The van der Waals surface area contributed by atoms with E-state index in [0.717, 1.165) is 40.2 Å². The smallest absolute Gasteiger partial charge is 0.178 e. The number of pyridine rings is 1. The molecule has 1 aromatic carbocycles. The Hall–Kier alpha value is -2.14. The van der Waals surface area contributed by atoms with Crippen molar-refractivity contribution in [3.05, 3.63) is 53.1 Å². The van der Waals surface area contributed by atoms with Gasteiger partial charge in [-0.2, -0.15) is 0 Å². The Morgan fingerprint density at radius 1 is 1.30 bits per heavy atom. The fraction of sp³-hybridized carbons (Fsp3) is 0.200. The molecular formula is C15H15N3OS. The molecule has 0 bridgehead atoms. The van der Waals surface area contributed by atoms with Crippen LogP contribution in [0.3, 0.4) is 0 Å². The number of H-pyrrole nitrogens is 1. The predicted molar refractivity (Wildman–Crippen MR) is 81.6 cm³/mol. The van der Waals surface area contributed by atoms with Crippen LogP contribution >= 0.6 is 12.2 Å². The number of rotatable bonds is 4. The number of nitrogens with zero attached hydrogens (tertiary/aromatic N) is 2. The third-order valence-corrected chi connectivity index (χ3v) is 3.62. The molecule has 102 valence electrons. The first-order valence-corrected chi connectivity index (χ1v) is 6.85. The first-order chi connectivity index (χ1) is 9.78. The molecule has 0 radical (unpaired) electrons. The van der Waals surface area contributed by atoms with Crippen LogP contribution in [0.2, 0.25) is 0 Å². The van der Waals surface area contributed by atoms with Crippen LogP contribution in [-0.2, 0) is 13.0 Å². The molecule has 20 heavy (non-hydrogen) atoms. The van der Waals surface area contributed by atoms with Gasteiger partial charge in [-0.1, -0.05) is 6.07 Å². The molecular weight excluding hydrogens is 270 g/mol. The van der Waals surface area contributed by atoms with Gasteiger partial charge in [0.05, 0.1) is 18.1 Å².